The molecule has 0 aliphatic heterocycles. The number of pyridine rings is 2. The minimum atomic E-state index is 0.543. The maximum atomic E-state index is 5.79. The summed E-state index contributed by atoms with van der Waals surface area (Å²) in [4.78, 5) is 8.08. The van der Waals surface area contributed by atoms with Gasteiger partial charge in [-0.05, 0) is 23.3 Å². The van der Waals surface area contributed by atoms with Crippen molar-refractivity contribution in [2.45, 2.75) is 0 Å². The van der Waals surface area contributed by atoms with Crippen molar-refractivity contribution in [2.24, 2.45) is 0 Å². The molecule has 1 aliphatic rings. The summed E-state index contributed by atoms with van der Waals surface area (Å²) < 4.78 is 0. The number of halogens is 1. The van der Waals surface area contributed by atoms with E-state index in [0.717, 1.165) is 5.56 Å². The second-order valence-corrected chi connectivity index (χ2v) is 3.36. The zero-order chi connectivity index (χ0) is 8.84. The molecule has 0 unspecified atom stereocenters. The number of aromatic nitrogens is 2. The van der Waals surface area contributed by atoms with Gasteiger partial charge in [0.05, 0.1) is 0 Å². The summed E-state index contributed by atoms with van der Waals surface area (Å²) in [5.41, 5.74) is 4.71. The van der Waals surface area contributed by atoms with Gasteiger partial charge in [0.15, 0.2) is 0 Å². The van der Waals surface area contributed by atoms with E-state index in [2.05, 4.69) is 9.97 Å². The highest BCUT2D eigenvalue weighted by atomic mass is 35.5. The summed E-state index contributed by atoms with van der Waals surface area (Å²) in [7, 11) is 0. The monoisotopic (exact) mass is 188 g/mol. The molecular formula is C10H5ClN2. The van der Waals surface area contributed by atoms with Crippen LogP contribution in [0, 0.1) is 0 Å². The van der Waals surface area contributed by atoms with E-state index < -0.39 is 0 Å². The Morgan fingerprint density at radius 3 is 2.77 bits per heavy atom. The van der Waals surface area contributed by atoms with Crippen LogP contribution in [-0.2, 0) is 0 Å². The van der Waals surface area contributed by atoms with Gasteiger partial charge < -0.3 is 0 Å². The molecular weight excluding hydrogens is 184 g/mol. The van der Waals surface area contributed by atoms with Gasteiger partial charge in [0.2, 0.25) is 0 Å². The Hall–Kier alpha value is -1.41. The van der Waals surface area contributed by atoms with Crippen LogP contribution in [0.5, 0.6) is 0 Å². The fourth-order valence-electron chi connectivity index (χ4n) is 1.65. The van der Waals surface area contributed by atoms with Crippen molar-refractivity contribution < 1.29 is 0 Å². The Balaban J connectivity index is 2.29. The Morgan fingerprint density at radius 1 is 1.00 bits per heavy atom. The molecule has 0 aromatic carbocycles. The van der Waals surface area contributed by atoms with Crippen LogP contribution in [0.2, 0.25) is 5.15 Å². The van der Waals surface area contributed by atoms with Crippen molar-refractivity contribution in [3.8, 4) is 22.3 Å². The zero-order valence-electron chi connectivity index (χ0n) is 6.66. The number of nitrogens with zero attached hydrogens (tertiary/aromatic N) is 2. The van der Waals surface area contributed by atoms with Crippen molar-refractivity contribution in [3.05, 3.63) is 35.9 Å². The average Bonchev–Trinajstić information content (AvgIpc) is 2.15. The van der Waals surface area contributed by atoms with Crippen LogP contribution in [0.25, 0.3) is 22.3 Å². The van der Waals surface area contributed by atoms with E-state index >= 15 is 0 Å². The molecule has 0 fully saturated rings. The first-order valence-corrected chi connectivity index (χ1v) is 4.34. The third-order valence-corrected chi connectivity index (χ3v) is 2.48. The molecule has 0 saturated carbocycles. The first-order chi connectivity index (χ1) is 6.36. The van der Waals surface area contributed by atoms with Gasteiger partial charge in [-0.1, -0.05) is 11.6 Å². The van der Waals surface area contributed by atoms with Crippen LogP contribution >= 0.6 is 11.6 Å². The smallest absolute Gasteiger partial charge is 0.129 e. The van der Waals surface area contributed by atoms with Gasteiger partial charge in [0, 0.05) is 29.7 Å². The second-order valence-electron chi connectivity index (χ2n) is 2.97. The van der Waals surface area contributed by atoms with Gasteiger partial charge in [-0.2, -0.15) is 0 Å². The second kappa shape index (κ2) is 2.30. The van der Waals surface area contributed by atoms with E-state index in [1.807, 2.05) is 18.3 Å². The molecule has 0 bridgehead atoms. The highest BCUT2D eigenvalue weighted by Gasteiger charge is 2.22. The number of rotatable bonds is 0. The third-order valence-electron chi connectivity index (χ3n) is 2.27. The van der Waals surface area contributed by atoms with Crippen molar-refractivity contribution >= 4 is 11.6 Å². The molecule has 0 N–H and O–H groups in total. The third kappa shape index (κ3) is 0.835. The fraction of sp³-hybridized carbons (Fsp3) is 0. The van der Waals surface area contributed by atoms with Crippen LogP contribution in [-0.4, -0.2) is 9.97 Å². The minimum absolute atomic E-state index is 0.543. The van der Waals surface area contributed by atoms with E-state index in [1.54, 1.807) is 12.4 Å². The minimum Gasteiger partial charge on any atom is -0.264 e. The molecule has 3 heteroatoms. The molecule has 0 amide bonds. The molecule has 0 saturated heterocycles. The lowest BCUT2D eigenvalue weighted by atomic mass is 9.84. The summed E-state index contributed by atoms with van der Waals surface area (Å²) in [6.45, 7) is 0. The van der Waals surface area contributed by atoms with Crippen molar-refractivity contribution in [2.75, 3.05) is 0 Å². The predicted octanol–water partition coefficient (Wildman–Crippen LogP) is 2.78. The van der Waals surface area contributed by atoms with E-state index in [9.17, 15) is 0 Å². The molecule has 62 valence electrons. The molecule has 2 aromatic rings. The Kier molecular flexibility index (Phi) is 1.24. The fourth-order valence-corrected chi connectivity index (χ4v) is 1.81. The van der Waals surface area contributed by atoms with Gasteiger partial charge in [-0.3, -0.25) is 4.98 Å². The Labute approximate surface area is 80.2 Å². The Morgan fingerprint density at radius 2 is 1.85 bits per heavy atom. The maximum absolute atomic E-state index is 5.79. The van der Waals surface area contributed by atoms with Gasteiger partial charge in [0.1, 0.15) is 5.15 Å². The van der Waals surface area contributed by atoms with Crippen LogP contribution < -0.4 is 0 Å². The van der Waals surface area contributed by atoms with Crippen LogP contribution in [0.15, 0.2) is 30.7 Å². The summed E-state index contributed by atoms with van der Waals surface area (Å²) in [5.74, 6) is 0. The van der Waals surface area contributed by atoms with Gasteiger partial charge >= 0.3 is 0 Å². The van der Waals surface area contributed by atoms with Crippen molar-refractivity contribution in [1.29, 1.82) is 0 Å². The lowest BCUT2D eigenvalue weighted by Gasteiger charge is -2.21. The first kappa shape index (κ1) is 7.04. The molecule has 2 aromatic heterocycles. The molecule has 0 spiro atoms. The van der Waals surface area contributed by atoms with E-state index in [4.69, 9.17) is 11.6 Å². The largest absolute Gasteiger partial charge is 0.264 e. The average molecular weight is 189 g/mol. The van der Waals surface area contributed by atoms with Crippen molar-refractivity contribution in [1.82, 2.24) is 9.97 Å². The molecule has 3 rings (SSSR count). The SMILES string of the molecule is Clc1cc2c(cn1)-c1cnccc1-2. The van der Waals surface area contributed by atoms with E-state index in [0.29, 0.717) is 5.15 Å². The van der Waals surface area contributed by atoms with Gasteiger partial charge in [-0.15, -0.1) is 0 Å². The summed E-state index contributed by atoms with van der Waals surface area (Å²) in [5, 5.41) is 0.543. The van der Waals surface area contributed by atoms with Gasteiger partial charge in [-0.25, -0.2) is 4.98 Å². The molecule has 1 aliphatic carbocycles. The van der Waals surface area contributed by atoms with E-state index in [-0.39, 0.29) is 0 Å². The summed E-state index contributed by atoms with van der Waals surface area (Å²) in [6.07, 6.45) is 5.44. The Bertz CT molecular complexity index is 494. The zero-order valence-corrected chi connectivity index (χ0v) is 7.42. The standard InChI is InChI=1S/C10H5ClN2/c11-10-3-7-6-1-2-12-4-8(6)9(7)5-13-10/h1-5H. The van der Waals surface area contributed by atoms with Crippen molar-refractivity contribution in [3.63, 3.8) is 0 Å². The highest BCUT2D eigenvalue weighted by Crippen LogP contribution is 2.46. The maximum Gasteiger partial charge on any atom is 0.129 e. The van der Waals surface area contributed by atoms with Crippen LogP contribution in [0.4, 0.5) is 0 Å². The number of hydrogen-bond donors (Lipinski definition) is 0. The molecule has 2 heterocycles. The first-order valence-electron chi connectivity index (χ1n) is 3.96. The summed E-state index contributed by atoms with van der Waals surface area (Å²) in [6, 6.07) is 3.88. The van der Waals surface area contributed by atoms with Crippen LogP contribution in [0.3, 0.4) is 0 Å². The van der Waals surface area contributed by atoms with E-state index in [1.165, 1.54) is 16.7 Å². The van der Waals surface area contributed by atoms with Crippen LogP contribution in [0.1, 0.15) is 0 Å². The molecule has 13 heavy (non-hydrogen) atoms. The quantitative estimate of drug-likeness (QED) is 0.507. The molecule has 0 radical (unpaired) electrons. The number of hydrogen-bond acceptors (Lipinski definition) is 2. The highest BCUT2D eigenvalue weighted by molar-refractivity contribution is 6.30. The lowest BCUT2D eigenvalue weighted by Crippen LogP contribution is -1.99. The number of fused-ring (bicyclic) bond motifs is 4. The summed E-state index contributed by atoms with van der Waals surface area (Å²) >= 11 is 5.79. The van der Waals surface area contributed by atoms with Gasteiger partial charge in [0.25, 0.3) is 0 Å². The topological polar surface area (TPSA) is 25.8 Å². The lowest BCUT2D eigenvalue weighted by molar-refractivity contribution is 1.27. The predicted molar refractivity (Wildman–Crippen MR) is 51.5 cm³/mol. The normalized spacial score (nSPS) is 11.5. The molecule has 0 atom stereocenters. The molecule has 2 nitrogen and oxygen atoms in total.